The lowest BCUT2D eigenvalue weighted by atomic mass is 10.3. The summed E-state index contributed by atoms with van der Waals surface area (Å²) in [6, 6.07) is 3.30. The topological polar surface area (TPSA) is 106 Å². The predicted octanol–water partition coefficient (Wildman–Crippen LogP) is 0.182. The van der Waals surface area contributed by atoms with E-state index in [0.717, 1.165) is 0 Å². The number of amides is 1. The molecule has 0 unspecified atom stereocenters. The van der Waals surface area contributed by atoms with Crippen molar-refractivity contribution in [2.75, 3.05) is 18.9 Å². The zero-order valence-corrected chi connectivity index (χ0v) is 10.7. The summed E-state index contributed by atoms with van der Waals surface area (Å²) in [4.78, 5) is 15.3. The van der Waals surface area contributed by atoms with Gasteiger partial charge in [0, 0.05) is 26.9 Å². The molecule has 0 saturated heterocycles. The van der Waals surface area contributed by atoms with Crippen LogP contribution in [0.5, 0.6) is 0 Å². The molecule has 0 atom stereocenters. The lowest BCUT2D eigenvalue weighted by Crippen LogP contribution is -2.20. The van der Waals surface area contributed by atoms with Crippen LogP contribution in [0.15, 0.2) is 16.7 Å². The Morgan fingerprint density at radius 3 is 2.79 bits per heavy atom. The molecule has 0 fully saturated rings. The molecule has 19 heavy (non-hydrogen) atoms. The van der Waals surface area contributed by atoms with E-state index >= 15 is 0 Å². The molecule has 0 radical (unpaired) electrons. The van der Waals surface area contributed by atoms with Crippen molar-refractivity contribution < 1.29 is 9.32 Å². The van der Waals surface area contributed by atoms with E-state index in [1.54, 1.807) is 26.1 Å². The SMILES string of the molecule is CNC(=O)c1ccc(NCCc2noc(C)n2)nn1. The molecular weight excluding hydrogens is 248 g/mol. The summed E-state index contributed by atoms with van der Waals surface area (Å²) in [5.41, 5.74) is 0.279. The molecule has 2 N–H and O–H groups in total. The van der Waals surface area contributed by atoms with Crippen molar-refractivity contribution in [3.05, 3.63) is 29.5 Å². The van der Waals surface area contributed by atoms with Crippen molar-refractivity contribution in [2.45, 2.75) is 13.3 Å². The van der Waals surface area contributed by atoms with Crippen LogP contribution in [0.1, 0.15) is 22.2 Å². The van der Waals surface area contributed by atoms with Crippen LogP contribution in [0, 0.1) is 6.92 Å². The molecule has 2 rings (SSSR count). The minimum Gasteiger partial charge on any atom is -0.368 e. The largest absolute Gasteiger partial charge is 0.368 e. The molecule has 0 aliphatic rings. The average molecular weight is 262 g/mol. The van der Waals surface area contributed by atoms with Gasteiger partial charge in [-0.25, -0.2) is 0 Å². The molecule has 8 heteroatoms. The van der Waals surface area contributed by atoms with Crippen LogP contribution >= 0.6 is 0 Å². The van der Waals surface area contributed by atoms with E-state index in [-0.39, 0.29) is 11.6 Å². The summed E-state index contributed by atoms with van der Waals surface area (Å²) in [6.07, 6.45) is 0.621. The maximum Gasteiger partial charge on any atom is 0.271 e. The third kappa shape index (κ3) is 3.47. The number of carbonyl (C=O) groups excluding carboxylic acids is 1. The Bertz CT molecular complexity index is 551. The van der Waals surface area contributed by atoms with Crippen LogP contribution in [0.25, 0.3) is 0 Å². The number of rotatable bonds is 5. The van der Waals surface area contributed by atoms with E-state index in [0.29, 0.717) is 30.5 Å². The summed E-state index contributed by atoms with van der Waals surface area (Å²) < 4.78 is 4.86. The molecule has 2 aromatic heterocycles. The van der Waals surface area contributed by atoms with Crippen molar-refractivity contribution in [3.8, 4) is 0 Å². The highest BCUT2D eigenvalue weighted by Gasteiger charge is 2.06. The van der Waals surface area contributed by atoms with E-state index in [2.05, 4.69) is 31.0 Å². The zero-order valence-electron chi connectivity index (χ0n) is 10.7. The molecule has 2 heterocycles. The minimum absolute atomic E-state index is 0.263. The van der Waals surface area contributed by atoms with Gasteiger partial charge in [0.05, 0.1) is 0 Å². The highest BCUT2D eigenvalue weighted by atomic mass is 16.5. The first-order valence-corrected chi connectivity index (χ1v) is 5.78. The molecule has 0 aliphatic heterocycles. The second-order valence-corrected chi connectivity index (χ2v) is 3.79. The van der Waals surface area contributed by atoms with Gasteiger partial charge in [0.25, 0.3) is 5.91 Å². The molecule has 2 aromatic rings. The first-order chi connectivity index (χ1) is 9.19. The van der Waals surface area contributed by atoms with E-state index in [4.69, 9.17) is 4.52 Å². The zero-order chi connectivity index (χ0) is 13.7. The Balaban J connectivity index is 1.84. The molecular formula is C11H14N6O2. The standard InChI is InChI=1S/C11H14N6O2/c1-7-14-10(17-19-7)5-6-13-9-4-3-8(15-16-9)11(18)12-2/h3-4H,5-6H2,1-2H3,(H,12,18)(H,13,16). The van der Waals surface area contributed by atoms with Crippen LogP contribution in [-0.4, -0.2) is 39.8 Å². The highest BCUT2D eigenvalue weighted by molar-refractivity contribution is 5.91. The van der Waals surface area contributed by atoms with Crippen LogP contribution in [-0.2, 0) is 6.42 Å². The van der Waals surface area contributed by atoms with Gasteiger partial charge >= 0.3 is 0 Å². The Kier molecular flexibility index (Phi) is 4.01. The monoisotopic (exact) mass is 262 g/mol. The summed E-state index contributed by atoms with van der Waals surface area (Å²) in [5.74, 6) is 1.51. The minimum atomic E-state index is -0.263. The number of nitrogens with zero attached hydrogens (tertiary/aromatic N) is 4. The van der Waals surface area contributed by atoms with E-state index in [1.807, 2.05) is 0 Å². The van der Waals surface area contributed by atoms with Crippen molar-refractivity contribution in [3.63, 3.8) is 0 Å². The normalized spacial score (nSPS) is 10.2. The molecule has 8 nitrogen and oxygen atoms in total. The van der Waals surface area contributed by atoms with Crippen molar-refractivity contribution in [1.82, 2.24) is 25.7 Å². The quantitative estimate of drug-likeness (QED) is 0.791. The average Bonchev–Trinajstić information content (AvgIpc) is 2.84. The highest BCUT2D eigenvalue weighted by Crippen LogP contribution is 2.02. The predicted molar refractivity (Wildman–Crippen MR) is 66.7 cm³/mol. The van der Waals surface area contributed by atoms with Gasteiger partial charge in [-0.2, -0.15) is 4.98 Å². The van der Waals surface area contributed by atoms with Gasteiger partial charge in [0.1, 0.15) is 5.82 Å². The van der Waals surface area contributed by atoms with Gasteiger partial charge in [-0.1, -0.05) is 5.16 Å². The molecule has 0 bridgehead atoms. The first-order valence-electron chi connectivity index (χ1n) is 5.78. The molecule has 0 spiro atoms. The molecule has 0 saturated carbocycles. The van der Waals surface area contributed by atoms with Gasteiger partial charge in [0.2, 0.25) is 5.89 Å². The summed E-state index contributed by atoms with van der Waals surface area (Å²) in [5, 5.41) is 17.0. The smallest absolute Gasteiger partial charge is 0.271 e. The fourth-order valence-electron chi connectivity index (χ4n) is 1.42. The third-order valence-electron chi connectivity index (χ3n) is 2.35. The van der Waals surface area contributed by atoms with Gasteiger partial charge in [-0.15, -0.1) is 10.2 Å². The molecule has 0 aliphatic carbocycles. The van der Waals surface area contributed by atoms with E-state index < -0.39 is 0 Å². The molecule has 100 valence electrons. The Hall–Kier alpha value is -2.51. The Labute approximate surface area is 109 Å². The second-order valence-electron chi connectivity index (χ2n) is 3.79. The Morgan fingerprint density at radius 2 is 2.21 bits per heavy atom. The van der Waals surface area contributed by atoms with Crippen LogP contribution < -0.4 is 10.6 Å². The van der Waals surface area contributed by atoms with Crippen molar-refractivity contribution >= 4 is 11.7 Å². The maximum absolute atomic E-state index is 11.3. The maximum atomic E-state index is 11.3. The van der Waals surface area contributed by atoms with Crippen molar-refractivity contribution in [2.24, 2.45) is 0 Å². The van der Waals surface area contributed by atoms with Crippen molar-refractivity contribution in [1.29, 1.82) is 0 Å². The second kappa shape index (κ2) is 5.89. The number of nitrogens with one attached hydrogen (secondary N) is 2. The van der Waals surface area contributed by atoms with Gasteiger partial charge in [0.15, 0.2) is 11.5 Å². The summed E-state index contributed by atoms with van der Waals surface area (Å²) in [7, 11) is 1.54. The van der Waals surface area contributed by atoms with Crippen LogP contribution in [0.2, 0.25) is 0 Å². The number of hydrogen-bond acceptors (Lipinski definition) is 7. The fourth-order valence-corrected chi connectivity index (χ4v) is 1.42. The lowest BCUT2D eigenvalue weighted by molar-refractivity contribution is 0.0957. The fraction of sp³-hybridized carbons (Fsp3) is 0.364. The summed E-state index contributed by atoms with van der Waals surface area (Å²) in [6.45, 7) is 2.35. The summed E-state index contributed by atoms with van der Waals surface area (Å²) >= 11 is 0. The van der Waals surface area contributed by atoms with E-state index in [9.17, 15) is 4.79 Å². The number of anilines is 1. The number of carbonyl (C=O) groups is 1. The first kappa shape index (κ1) is 12.9. The number of aryl methyl sites for hydroxylation is 1. The van der Waals surface area contributed by atoms with E-state index in [1.165, 1.54) is 0 Å². The lowest BCUT2D eigenvalue weighted by Gasteiger charge is -2.03. The van der Waals surface area contributed by atoms with Gasteiger partial charge in [-0.05, 0) is 12.1 Å². The van der Waals surface area contributed by atoms with Crippen LogP contribution in [0.4, 0.5) is 5.82 Å². The van der Waals surface area contributed by atoms with Gasteiger partial charge < -0.3 is 15.2 Å². The van der Waals surface area contributed by atoms with Gasteiger partial charge in [-0.3, -0.25) is 4.79 Å². The van der Waals surface area contributed by atoms with Crippen LogP contribution in [0.3, 0.4) is 0 Å². The number of hydrogen-bond donors (Lipinski definition) is 2. The Morgan fingerprint density at radius 1 is 1.37 bits per heavy atom. The molecule has 1 amide bonds. The third-order valence-corrected chi connectivity index (χ3v) is 2.35. The number of aromatic nitrogens is 4. The molecule has 0 aromatic carbocycles.